The lowest BCUT2D eigenvalue weighted by Gasteiger charge is -2.47. The molecule has 0 amide bonds. The Morgan fingerprint density at radius 2 is 2.29 bits per heavy atom. The Morgan fingerprint density at radius 1 is 1.57 bits per heavy atom. The number of rotatable bonds is 5. The summed E-state index contributed by atoms with van der Waals surface area (Å²) in [5, 5.41) is 3.47. The van der Waals surface area contributed by atoms with Crippen LogP contribution in [0.4, 0.5) is 0 Å². The summed E-state index contributed by atoms with van der Waals surface area (Å²) in [5.41, 5.74) is 5.87. The second-order valence-electron chi connectivity index (χ2n) is 3.85. The highest BCUT2D eigenvalue weighted by molar-refractivity contribution is 5.04. The van der Waals surface area contributed by atoms with Crippen molar-refractivity contribution in [3.8, 4) is 11.8 Å². The van der Waals surface area contributed by atoms with E-state index in [0.717, 1.165) is 25.8 Å². The van der Waals surface area contributed by atoms with Crippen LogP contribution in [-0.2, 0) is 4.74 Å². The van der Waals surface area contributed by atoms with Gasteiger partial charge in [0.15, 0.2) is 0 Å². The number of methoxy groups -OCH3 is 1. The summed E-state index contributed by atoms with van der Waals surface area (Å²) in [6, 6.07) is 0. The number of nitrogens with one attached hydrogen (secondary N) is 1. The summed E-state index contributed by atoms with van der Waals surface area (Å²) in [5.74, 6) is 5.92. The lowest BCUT2D eigenvalue weighted by atomic mass is 9.74. The van der Waals surface area contributed by atoms with Crippen molar-refractivity contribution in [2.45, 2.75) is 37.8 Å². The maximum atomic E-state index is 5.75. The van der Waals surface area contributed by atoms with Crippen molar-refractivity contribution in [2.75, 3.05) is 20.2 Å². The van der Waals surface area contributed by atoms with Crippen molar-refractivity contribution < 1.29 is 4.74 Å². The van der Waals surface area contributed by atoms with Gasteiger partial charge >= 0.3 is 0 Å². The van der Waals surface area contributed by atoms with Crippen molar-refractivity contribution in [1.29, 1.82) is 0 Å². The zero-order chi connectivity index (χ0) is 10.4. The van der Waals surface area contributed by atoms with Crippen molar-refractivity contribution >= 4 is 0 Å². The van der Waals surface area contributed by atoms with E-state index in [2.05, 4.69) is 17.2 Å². The molecule has 1 aliphatic carbocycles. The molecule has 0 bridgehead atoms. The largest absolute Gasteiger partial charge is 0.381 e. The van der Waals surface area contributed by atoms with Gasteiger partial charge in [-0.25, -0.2) is 0 Å². The van der Waals surface area contributed by atoms with E-state index in [-0.39, 0.29) is 5.54 Å². The van der Waals surface area contributed by atoms with E-state index in [1.54, 1.807) is 7.11 Å². The molecule has 0 unspecified atom stereocenters. The molecular weight excluding hydrogens is 176 g/mol. The van der Waals surface area contributed by atoms with Gasteiger partial charge in [-0.1, -0.05) is 0 Å². The first kappa shape index (κ1) is 11.5. The zero-order valence-electron chi connectivity index (χ0n) is 9.10. The molecule has 14 heavy (non-hydrogen) atoms. The highest BCUT2D eigenvalue weighted by Gasteiger charge is 2.42. The minimum atomic E-state index is 0.121. The standard InChI is InChI=1S/C11H20N2O/c1-3-4-5-6-13-11(9-12)7-10(8-11)14-2/h10,13H,5-9,12H2,1-2H3. The molecule has 3 nitrogen and oxygen atoms in total. The molecule has 0 saturated heterocycles. The molecule has 80 valence electrons. The van der Waals surface area contributed by atoms with Gasteiger partial charge in [-0.3, -0.25) is 0 Å². The molecule has 0 heterocycles. The lowest BCUT2D eigenvalue weighted by Crippen LogP contribution is -2.62. The van der Waals surface area contributed by atoms with Crippen LogP contribution in [0.25, 0.3) is 0 Å². The smallest absolute Gasteiger partial charge is 0.0607 e. The molecule has 1 aliphatic rings. The Bertz CT molecular complexity index is 223. The summed E-state index contributed by atoms with van der Waals surface area (Å²) >= 11 is 0. The van der Waals surface area contributed by atoms with Crippen LogP contribution in [0, 0.1) is 11.8 Å². The van der Waals surface area contributed by atoms with E-state index >= 15 is 0 Å². The first-order valence-corrected chi connectivity index (χ1v) is 5.14. The van der Waals surface area contributed by atoms with Crippen LogP contribution in [-0.4, -0.2) is 31.8 Å². The molecule has 1 fully saturated rings. The van der Waals surface area contributed by atoms with Crippen LogP contribution in [0.15, 0.2) is 0 Å². The third-order valence-corrected chi connectivity index (χ3v) is 2.89. The van der Waals surface area contributed by atoms with Crippen LogP contribution in [0.2, 0.25) is 0 Å². The first-order chi connectivity index (χ1) is 6.76. The second-order valence-corrected chi connectivity index (χ2v) is 3.85. The van der Waals surface area contributed by atoms with Gasteiger partial charge in [-0.2, -0.15) is 0 Å². The number of hydrogen-bond donors (Lipinski definition) is 2. The molecular formula is C11H20N2O. The molecule has 0 radical (unpaired) electrons. The molecule has 3 heteroatoms. The Balaban J connectivity index is 2.22. The van der Waals surface area contributed by atoms with Crippen LogP contribution < -0.4 is 11.1 Å². The Kier molecular flexibility index (Phi) is 4.40. The summed E-state index contributed by atoms with van der Waals surface area (Å²) in [6.45, 7) is 3.48. The van der Waals surface area contributed by atoms with Gasteiger partial charge in [0.25, 0.3) is 0 Å². The summed E-state index contributed by atoms with van der Waals surface area (Å²) in [6.07, 6.45) is 3.35. The van der Waals surface area contributed by atoms with Crippen LogP contribution >= 0.6 is 0 Å². The zero-order valence-corrected chi connectivity index (χ0v) is 9.10. The molecule has 0 aromatic carbocycles. The van der Waals surface area contributed by atoms with Gasteiger partial charge in [0.2, 0.25) is 0 Å². The van der Waals surface area contributed by atoms with E-state index in [4.69, 9.17) is 10.5 Å². The molecule has 1 saturated carbocycles. The third-order valence-electron chi connectivity index (χ3n) is 2.89. The first-order valence-electron chi connectivity index (χ1n) is 5.14. The monoisotopic (exact) mass is 196 g/mol. The normalized spacial score (nSPS) is 30.4. The average Bonchev–Trinajstić information content (AvgIpc) is 2.16. The fraction of sp³-hybridized carbons (Fsp3) is 0.818. The fourth-order valence-electron chi connectivity index (χ4n) is 1.88. The van der Waals surface area contributed by atoms with Gasteiger partial charge < -0.3 is 15.8 Å². The van der Waals surface area contributed by atoms with Crippen LogP contribution in [0.3, 0.4) is 0 Å². The quantitative estimate of drug-likeness (QED) is 0.497. The fourth-order valence-corrected chi connectivity index (χ4v) is 1.88. The highest BCUT2D eigenvalue weighted by Crippen LogP contribution is 2.33. The number of nitrogens with two attached hydrogens (primary N) is 1. The Labute approximate surface area is 86.4 Å². The van der Waals surface area contributed by atoms with Crippen LogP contribution in [0.1, 0.15) is 26.2 Å². The van der Waals surface area contributed by atoms with Gasteiger partial charge in [-0.15, -0.1) is 11.8 Å². The molecule has 0 aliphatic heterocycles. The minimum Gasteiger partial charge on any atom is -0.381 e. The molecule has 1 rings (SSSR count). The Morgan fingerprint density at radius 3 is 2.79 bits per heavy atom. The lowest BCUT2D eigenvalue weighted by molar-refractivity contribution is -0.0260. The van der Waals surface area contributed by atoms with Crippen LogP contribution in [0.5, 0.6) is 0 Å². The maximum absolute atomic E-state index is 5.75. The molecule has 3 N–H and O–H groups in total. The van der Waals surface area contributed by atoms with E-state index in [1.807, 2.05) is 6.92 Å². The number of hydrogen-bond acceptors (Lipinski definition) is 3. The van der Waals surface area contributed by atoms with Crippen molar-refractivity contribution in [3.05, 3.63) is 0 Å². The predicted octanol–water partition coefficient (Wildman–Crippen LogP) is 0.496. The topological polar surface area (TPSA) is 47.3 Å². The van der Waals surface area contributed by atoms with Crippen molar-refractivity contribution in [2.24, 2.45) is 5.73 Å². The maximum Gasteiger partial charge on any atom is 0.0607 e. The third kappa shape index (κ3) is 2.71. The van der Waals surface area contributed by atoms with Gasteiger partial charge in [-0.05, 0) is 19.8 Å². The van der Waals surface area contributed by atoms with Crippen molar-refractivity contribution in [1.82, 2.24) is 5.32 Å². The molecule has 0 aromatic rings. The van der Waals surface area contributed by atoms with E-state index in [1.165, 1.54) is 0 Å². The SMILES string of the molecule is CC#CCCNC1(CN)CC(OC)C1. The van der Waals surface area contributed by atoms with Gasteiger partial charge in [0, 0.05) is 32.2 Å². The van der Waals surface area contributed by atoms with E-state index < -0.39 is 0 Å². The van der Waals surface area contributed by atoms with Crippen molar-refractivity contribution in [3.63, 3.8) is 0 Å². The van der Waals surface area contributed by atoms with Gasteiger partial charge in [0.05, 0.1) is 6.10 Å². The minimum absolute atomic E-state index is 0.121. The average molecular weight is 196 g/mol. The highest BCUT2D eigenvalue weighted by atomic mass is 16.5. The summed E-state index contributed by atoms with van der Waals surface area (Å²) in [7, 11) is 1.76. The van der Waals surface area contributed by atoms with E-state index in [0.29, 0.717) is 12.6 Å². The molecule has 0 spiro atoms. The summed E-state index contributed by atoms with van der Waals surface area (Å²) in [4.78, 5) is 0. The predicted molar refractivity (Wildman–Crippen MR) is 57.9 cm³/mol. The van der Waals surface area contributed by atoms with Gasteiger partial charge in [0.1, 0.15) is 0 Å². The second kappa shape index (κ2) is 5.35. The summed E-state index contributed by atoms with van der Waals surface area (Å²) < 4.78 is 5.25. The molecule has 0 atom stereocenters. The number of ether oxygens (including phenoxy) is 1. The van der Waals surface area contributed by atoms with E-state index in [9.17, 15) is 0 Å². The Hall–Kier alpha value is -0.560. The molecule has 0 aromatic heterocycles.